The molecule has 0 fully saturated rings. The lowest BCUT2D eigenvalue weighted by Crippen LogP contribution is -2.11. The summed E-state index contributed by atoms with van der Waals surface area (Å²) in [5.74, 6) is -0.0282. The quantitative estimate of drug-likeness (QED) is 0.0753. The lowest BCUT2D eigenvalue weighted by Gasteiger charge is -2.09. The van der Waals surface area contributed by atoms with Crippen LogP contribution in [0, 0.1) is 0 Å². The third kappa shape index (κ3) is 13.6. The maximum Gasteiger partial charge on any atom is 0.338 e. The lowest BCUT2D eigenvalue weighted by atomic mass is 10.0. The Morgan fingerprint density at radius 2 is 1.05 bits per heavy atom. The van der Waals surface area contributed by atoms with E-state index in [-0.39, 0.29) is 18.0 Å². The van der Waals surface area contributed by atoms with Gasteiger partial charge in [0.05, 0.1) is 11.7 Å². The van der Waals surface area contributed by atoms with Gasteiger partial charge in [0.1, 0.15) is 5.75 Å². The number of hydrogen-bond acceptors (Lipinski definition) is 4. The van der Waals surface area contributed by atoms with Crippen molar-refractivity contribution < 1.29 is 19.1 Å². The Morgan fingerprint density at radius 1 is 0.581 bits per heavy atom. The summed E-state index contributed by atoms with van der Waals surface area (Å²) >= 11 is 0. The average molecular weight is 585 g/mol. The van der Waals surface area contributed by atoms with Gasteiger partial charge in [-0.2, -0.15) is 0 Å². The summed E-state index contributed by atoms with van der Waals surface area (Å²) in [7, 11) is 0. The molecular formula is C39H52O4. The van der Waals surface area contributed by atoms with Gasteiger partial charge in [0, 0.05) is 6.42 Å². The Morgan fingerprint density at radius 3 is 1.56 bits per heavy atom. The van der Waals surface area contributed by atoms with Crippen LogP contribution in [0.5, 0.6) is 5.75 Å². The van der Waals surface area contributed by atoms with Crippen LogP contribution in [0.4, 0.5) is 0 Å². The molecule has 4 heteroatoms. The molecule has 0 aliphatic rings. The fourth-order valence-electron chi connectivity index (χ4n) is 5.27. The average Bonchev–Trinajstić information content (AvgIpc) is 3.01. The van der Waals surface area contributed by atoms with Gasteiger partial charge in [0.2, 0.25) is 0 Å². The first-order chi connectivity index (χ1) is 20.9. The second-order valence-corrected chi connectivity index (χ2v) is 12.0. The number of carbonyl (C=O) groups is 2. The molecule has 0 N–H and O–H groups in total. The third-order valence-corrected chi connectivity index (χ3v) is 7.84. The highest BCUT2D eigenvalue weighted by Gasteiger charge is 2.10. The van der Waals surface area contributed by atoms with Gasteiger partial charge in [-0.05, 0) is 79.6 Å². The Bertz CT molecular complexity index is 1190. The molecule has 232 valence electrons. The van der Waals surface area contributed by atoms with Crippen molar-refractivity contribution in [3.05, 3.63) is 89.5 Å². The van der Waals surface area contributed by atoms with Crippen LogP contribution in [0.2, 0.25) is 0 Å². The molecule has 0 aliphatic heterocycles. The van der Waals surface area contributed by atoms with Crippen LogP contribution in [-0.4, -0.2) is 18.0 Å². The highest BCUT2D eigenvalue weighted by atomic mass is 16.5. The van der Waals surface area contributed by atoms with E-state index in [9.17, 15) is 9.59 Å². The summed E-state index contributed by atoms with van der Waals surface area (Å²) in [5, 5.41) is 0. The number of carbonyl (C=O) groups excluding carboxylic acids is 2. The van der Waals surface area contributed by atoms with E-state index < -0.39 is 0 Å². The van der Waals surface area contributed by atoms with Gasteiger partial charge in [-0.3, -0.25) is 4.79 Å². The summed E-state index contributed by atoms with van der Waals surface area (Å²) in [5.41, 5.74) is 5.01. The highest BCUT2D eigenvalue weighted by Crippen LogP contribution is 2.24. The molecule has 0 saturated carbocycles. The molecule has 0 aliphatic carbocycles. The van der Waals surface area contributed by atoms with Crippen LogP contribution in [0.25, 0.3) is 11.1 Å². The normalized spacial score (nSPS) is 11.1. The number of hydrogen-bond donors (Lipinski definition) is 0. The third-order valence-electron chi connectivity index (χ3n) is 7.84. The Kier molecular flexibility index (Phi) is 15.6. The Labute approximate surface area is 260 Å². The number of unbranched alkanes of at least 4 members (excludes halogenated alkanes) is 11. The minimum Gasteiger partial charge on any atom is -0.459 e. The monoisotopic (exact) mass is 584 g/mol. The molecule has 3 aromatic rings. The van der Waals surface area contributed by atoms with Crippen LogP contribution in [-0.2, 0) is 22.4 Å². The maximum absolute atomic E-state index is 12.5. The fraction of sp³-hybridized carbons (Fsp3) is 0.487. The molecule has 0 saturated heterocycles. The van der Waals surface area contributed by atoms with Crippen molar-refractivity contribution in [2.75, 3.05) is 0 Å². The van der Waals surface area contributed by atoms with Gasteiger partial charge in [-0.1, -0.05) is 126 Å². The molecular weight excluding hydrogens is 532 g/mol. The van der Waals surface area contributed by atoms with E-state index in [1.807, 2.05) is 38.1 Å². The van der Waals surface area contributed by atoms with E-state index in [1.54, 1.807) is 24.3 Å². The first kappa shape index (κ1) is 34.1. The molecule has 3 aromatic carbocycles. The van der Waals surface area contributed by atoms with Crippen molar-refractivity contribution in [2.45, 2.75) is 123 Å². The fourth-order valence-corrected chi connectivity index (χ4v) is 5.27. The number of aryl methyl sites for hydroxylation is 2. The number of esters is 2. The van der Waals surface area contributed by atoms with Crippen LogP contribution in [0.1, 0.15) is 126 Å². The molecule has 0 spiro atoms. The summed E-state index contributed by atoms with van der Waals surface area (Å²) in [6.45, 7) is 5.94. The first-order valence-electron chi connectivity index (χ1n) is 16.6. The number of rotatable bonds is 20. The van der Waals surface area contributed by atoms with Gasteiger partial charge in [-0.15, -0.1) is 0 Å². The second kappa shape index (κ2) is 19.7. The smallest absolute Gasteiger partial charge is 0.338 e. The lowest BCUT2D eigenvalue weighted by molar-refractivity contribution is -0.134. The molecule has 0 radical (unpaired) electrons. The minimum atomic E-state index is -0.324. The van der Waals surface area contributed by atoms with Crippen molar-refractivity contribution in [1.82, 2.24) is 0 Å². The molecule has 4 nitrogen and oxygen atoms in total. The largest absolute Gasteiger partial charge is 0.459 e. The van der Waals surface area contributed by atoms with Gasteiger partial charge < -0.3 is 9.47 Å². The van der Waals surface area contributed by atoms with Crippen molar-refractivity contribution in [2.24, 2.45) is 0 Å². The molecule has 0 unspecified atom stereocenters. The maximum atomic E-state index is 12.5. The zero-order valence-electron chi connectivity index (χ0n) is 26.7. The first-order valence-corrected chi connectivity index (χ1v) is 16.6. The highest BCUT2D eigenvalue weighted by molar-refractivity contribution is 5.90. The molecule has 0 bridgehead atoms. The van der Waals surface area contributed by atoms with E-state index in [4.69, 9.17) is 9.47 Å². The van der Waals surface area contributed by atoms with Gasteiger partial charge in [-0.25, -0.2) is 4.79 Å². The summed E-state index contributed by atoms with van der Waals surface area (Å²) in [4.78, 5) is 24.5. The Balaban J connectivity index is 1.29. The van der Waals surface area contributed by atoms with Crippen LogP contribution < -0.4 is 4.74 Å². The SMILES string of the molecule is CCCCCCCCCCCCCCc1ccc(CCC(=O)Oc2ccc(-c3ccc(C(=O)OC(C)C)cc3)cc2)cc1. The molecule has 43 heavy (non-hydrogen) atoms. The predicted molar refractivity (Wildman–Crippen MR) is 178 cm³/mol. The van der Waals surface area contributed by atoms with Crippen molar-refractivity contribution >= 4 is 11.9 Å². The molecule has 0 atom stereocenters. The molecule has 0 amide bonds. The minimum absolute atomic E-state index is 0.151. The molecule has 3 rings (SSSR count). The van der Waals surface area contributed by atoms with Crippen LogP contribution >= 0.6 is 0 Å². The standard InChI is InChI=1S/C39H52O4/c1-4-5-6-7-8-9-10-11-12-13-14-15-16-32-17-19-33(20-18-32)21-30-38(40)43-37-28-26-35(27-29-37)34-22-24-36(25-23-34)39(41)42-31(2)3/h17-20,22-29,31H,4-16,21,30H2,1-3H3. The summed E-state index contributed by atoms with van der Waals surface area (Å²) < 4.78 is 10.8. The zero-order valence-corrected chi connectivity index (χ0v) is 26.7. The van der Waals surface area contributed by atoms with Crippen LogP contribution in [0.15, 0.2) is 72.8 Å². The van der Waals surface area contributed by atoms with E-state index in [0.717, 1.165) is 23.1 Å². The van der Waals surface area contributed by atoms with Crippen LogP contribution in [0.3, 0.4) is 0 Å². The van der Waals surface area contributed by atoms with E-state index in [2.05, 4.69) is 31.2 Å². The van der Waals surface area contributed by atoms with Crippen molar-refractivity contribution in [3.8, 4) is 16.9 Å². The topological polar surface area (TPSA) is 52.6 Å². The summed E-state index contributed by atoms with van der Waals surface area (Å²) in [6.07, 6.45) is 18.5. The molecule has 0 aromatic heterocycles. The zero-order chi connectivity index (χ0) is 30.7. The predicted octanol–water partition coefficient (Wildman–Crippen LogP) is 10.7. The second-order valence-electron chi connectivity index (χ2n) is 12.0. The Hall–Kier alpha value is -3.40. The van der Waals surface area contributed by atoms with Gasteiger partial charge in [0.25, 0.3) is 0 Å². The molecule has 0 heterocycles. The van der Waals surface area contributed by atoms with Gasteiger partial charge >= 0.3 is 11.9 Å². The van der Waals surface area contributed by atoms with E-state index in [1.165, 1.54) is 82.6 Å². The van der Waals surface area contributed by atoms with E-state index >= 15 is 0 Å². The van der Waals surface area contributed by atoms with E-state index in [0.29, 0.717) is 24.2 Å². The number of ether oxygens (including phenoxy) is 2. The van der Waals surface area contributed by atoms with Crippen molar-refractivity contribution in [3.63, 3.8) is 0 Å². The van der Waals surface area contributed by atoms with Crippen molar-refractivity contribution in [1.29, 1.82) is 0 Å². The number of benzene rings is 3. The summed E-state index contributed by atoms with van der Waals surface area (Å²) in [6, 6.07) is 23.5. The van der Waals surface area contributed by atoms with Gasteiger partial charge in [0.15, 0.2) is 0 Å².